The number of carbonyl (C=O) groups is 2. The van der Waals surface area contributed by atoms with Gasteiger partial charge >= 0.3 is 6.03 Å². The summed E-state index contributed by atoms with van der Waals surface area (Å²) in [5, 5.41) is 0. The molecular formula is C7H11BrN2O2. The quantitative estimate of drug-likeness (QED) is 0.508. The molecule has 3 amide bonds. The van der Waals surface area contributed by atoms with Gasteiger partial charge in [-0.2, -0.15) is 0 Å². The van der Waals surface area contributed by atoms with Crippen LogP contribution in [0.4, 0.5) is 4.79 Å². The van der Waals surface area contributed by atoms with E-state index in [1.54, 1.807) is 6.92 Å². The van der Waals surface area contributed by atoms with Crippen molar-refractivity contribution in [2.45, 2.75) is 25.8 Å². The van der Waals surface area contributed by atoms with Gasteiger partial charge < -0.3 is 0 Å². The summed E-state index contributed by atoms with van der Waals surface area (Å²) in [6.45, 7) is 3.62. The molecule has 0 radical (unpaired) electrons. The van der Waals surface area contributed by atoms with E-state index in [9.17, 15) is 9.59 Å². The van der Waals surface area contributed by atoms with E-state index in [4.69, 9.17) is 0 Å². The highest BCUT2D eigenvalue weighted by atomic mass is 79.9. The first-order valence-corrected chi connectivity index (χ1v) is 4.44. The number of hydrogen-bond donors (Lipinski definition) is 0. The lowest BCUT2D eigenvalue weighted by Crippen LogP contribution is -2.41. The summed E-state index contributed by atoms with van der Waals surface area (Å²) >= 11 is 3.09. The Labute approximate surface area is 79.8 Å². The lowest BCUT2D eigenvalue weighted by atomic mass is 10.00. The van der Waals surface area contributed by atoms with Crippen LogP contribution in [-0.4, -0.2) is 33.4 Å². The van der Waals surface area contributed by atoms with Gasteiger partial charge in [0.05, 0.1) is 16.1 Å². The van der Waals surface area contributed by atoms with Crippen LogP contribution in [0.1, 0.15) is 20.3 Å². The number of imide groups is 1. The highest BCUT2D eigenvalue weighted by Crippen LogP contribution is 2.32. The Morgan fingerprint density at radius 3 is 2.17 bits per heavy atom. The Hall–Kier alpha value is -0.580. The summed E-state index contributed by atoms with van der Waals surface area (Å²) in [6, 6.07) is -0.302. The number of amides is 3. The van der Waals surface area contributed by atoms with E-state index >= 15 is 0 Å². The number of likely N-dealkylation sites (N-methyl/N-ethyl adjacent to an activating group) is 1. The van der Waals surface area contributed by atoms with Crippen molar-refractivity contribution in [1.82, 2.24) is 8.83 Å². The van der Waals surface area contributed by atoms with Crippen molar-refractivity contribution in [3.63, 3.8) is 0 Å². The Morgan fingerprint density at radius 2 is 2.00 bits per heavy atom. The molecule has 1 rings (SSSR count). The smallest absolute Gasteiger partial charge is 0.272 e. The Morgan fingerprint density at radius 1 is 1.50 bits per heavy atom. The Kier molecular flexibility index (Phi) is 2.16. The molecule has 0 aromatic heterocycles. The second-order valence-electron chi connectivity index (χ2n) is 3.05. The van der Waals surface area contributed by atoms with E-state index in [1.165, 1.54) is 11.0 Å². The Balaban J connectivity index is 3.06. The van der Waals surface area contributed by atoms with Crippen LogP contribution in [0.2, 0.25) is 0 Å². The summed E-state index contributed by atoms with van der Waals surface area (Å²) in [5.41, 5.74) is -0.716. The molecule has 5 heteroatoms. The SMILES string of the molecule is CC[C@@]1(C)C(=O)N(C)C(=O)N1Br. The standard InChI is InChI=1S/C7H11BrN2O2/c1-4-7(2)5(11)9(3)6(12)10(7)8/h4H2,1-3H3/t7-/m0/s1. The van der Waals surface area contributed by atoms with Crippen molar-refractivity contribution in [2.24, 2.45) is 0 Å². The van der Waals surface area contributed by atoms with Gasteiger partial charge in [-0.25, -0.2) is 8.72 Å². The lowest BCUT2D eigenvalue weighted by molar-refractivity contribution is -0.130. The molecule has 1 fully saturated rings. The molecule has 0 unspecified atom stereocenters. The fourth-order valence-corrected chi connectivity index (χ4v) is 1.81. The molecule has 4 nitrogen and oxygen atoms in total. The maximum atomic E-state index is 11.5. The first-order valence-electron chi connectivity index (χ1n) is 3.73. The Bertz CT molecular complexity index is 244. The van der Waals surface area contributed by atoms with E-state index in [0.29, 0.717) is 6.42 Å². The zero-order valence-electron chi connectivity index (χ0n) is 7.30. The van der Waals surface area contributed by atoms with E-state index in [0.717, 1.165) is 4.90 Å². The lowest BCUT2D eigenvalue weighted by Gasteiger charge is -2.24. The van der Waals surface area contributed by atoms with Gasteiger partial charge in [0.25, 0.3) is 5.91 Å². The molecule has 12 heavy (non-hydrogen) atoms. The summed E-state index contributed by atoms with van der Waals surface area (Å²) in [7, 11) is 1.49. The normalized spacial score (nSPS) is 30.3. The molecule has 0 N–H and O–H groups in total. The van der Waals surface area contributed by atoms with Gasteiger partial charge in [0.2, 0.25) is 0 Å². The van der Waals surface area contributed by atoms with Gasteiger partial charge in [0, 0.05) is 7.05 Å². The average Bonchev–Trinajstić information content (AvgIpc) is 2.22. The number of carbonyl (C=O) groups excluding carboxylic acids is 2. The number of rotatable bonds is 1. The topological polar surface area (TPSA) is 40.6 Å². The molecule has 1 saturated heterocycles. The second kappa shape index (κ2) is 2.73. The predicted octanol–water partition coefficient (Wildman–Crippen LogP) is 1.36. The third kappa shape index (κ3) is 0.957. The number of halogens is 1. The van der Waals surface area contributed by atoms with Crippen LogP contribution < -0.4 is 0 Å². The van der Waals surface area contributed by atoms with Crippen molar-refractivity contribution < 1.29 is 9.59 Å². The van der Waals surface area contributed by atoms with Crippen molar-refractivity contribution >= 4 is 28.1 Å². The molecule has 0 aliphatic carbocycles. The molecule has 0 saturated carbocycles. The van der Waals surface area contributed by atoms with Gasteiger partial charge in [-0.05, 0) is 13.3 Å². The van der Waals surface area contributed by atoms with Crippen LogP contribution in [0.15, 0.2) is 0 Å². The van der Waals surface area contributed by atoms with Gasteiger partial charge in [0.1, 0.15) is 5.54 Å². The predicted molar refractivity (Wildman–Crippen MR) is 47.6 cm³/mol. The average molecular weight is 235 g/mol. The van der Waals surface area contributed by atoms with Crippen molar-refractivity contribution in [1.29, 1.82) is 0 Å². The van der Waals surface area contributed by atoms with E-state index in [-0.39, 0.29) is 11.9 Å². The van der Waals surface area contributed by atoms with Crippen LogP contribution >= 0.6 is 16.1 Å². The molecule has 0 bridgehead atoms. The van der Waals surface area contributed by atoms with Gasteiger partial charge in [-0.1, -0.05) is 6.92 Å². The summed E-state index contributed by atoms with van der Waals surface area (Å²) in [6.07, 6.45) is 0.604. The van der Waals surface area contributed by atoms with Crippen molar-refractivity contribution in [2.75, 3.05) is 7.05 Å². The number of hydrogen-bond acceptors (Lipinski definition) is 2. The zero-order valence-corrected chi connectivity index (χ0v) is 8.88. The minimum atomic E-state index is -0.716. The van der Waals surface area contributed by atoms with Crippen LogP contribution in [0.5, 0.6) is 0 Å². The first-order chi connectivity index (χ1) is 5.45. The maximum absolute atomic E-state index is 11.5. The molecule has 1 aliphatic rings. The maximum Gasteiger partial charge on any atom is 0.337 e. The third-order valence-electron chi connectivity index (χ3n) is 2.34. The third-order valence-corrected chi connectivity index (χ3v) is 3.43. The first kappa shape index (κ1) is 9.51. The molecule has 0 spiro atoms. The monoisotopic (exact) mass is 234 g/mol. The molecule has 0 aromatic carbocycles. The van der Waals surface area contributed by atoms with Crippen LogP contribution in [-0.2, 0) is 4.79 Å². The molecular weight excluding hydrogens is 224 g/mol. The van der Waals surface area contributed by atoms with Gasteiger partial charge in [0.15, 0.2) is 0 Å². The number of urea groups is 1. The fourth-order valence-electron chi connectivity index (χ4n) is 1.16. The van der Waals surface area contributed by atoms with Crippen LogP contribution in [0.3, 0.4) is 0 Å². The van der Waals surface area contributed by atoms with E-state index in [1.807, 2.05) is 6.92 Å². The summed E-state index contributed by atoms with van der Waals surface area (Å²) in [5.74, 6) is -0.160. The summed E-state index contributed by atoms with van der Waals surface area (Å²) < 4.78 is 1.31. The largest absolute Gasteiger partial charge is 0.337 e. The van der Waals surface area contributed by atoms with E-state index < -0.39 is 5.54 Å². The van der Waals surface area contributed by atoms with Crippen LogP contribution in [0.25, 0.3) is 0 Å². The second-order valence-corrected chi connectivity index (χ2v) is 3.76. The van der Waals surface area contributed by atoms with Crippen LogP contribution in [0, 0.1) is 0 Å². The number of nitrogens with zero attached hydrogens (tertiary/aromatic N) is 2. The highest BCUT2D eigenvalue weighted by Gasteiger charge is 2.50. The van der Waals surface area contributed by atoms with Crippen molar-refractivity contribution in [3.05, 3.63) is 0 Å². The highest BCUT2D eigenvalue weighted by molar-refractivity contribution is 9.07. The minimum Gasteiger partial charge on any atom is -0.272 e. The van der Waals surface area contributed by atoms with Gasteiger partial charge in [-0.3, -0.25) is 9.69 Å². The zero-order chi connectivity index (χ0) is 9.52. The van der Waals surface area contributed by atoms with E-state index in [2.05, 4.69) is 16.1 Å². The fraction of sp³-hybridized carbons (Fsp3) is 0.714. The van der Waals surface area contributed by atoms with Crippen molar-refractivity contribution in [3.8, 4) is 0 Å². The molecule has 0 aromatic rings. The molecule has 1 atom stereocenters. The van der Waals surface area contributed by atoms with Gasteiger partial charge in [-0.15, -0.1) is 0 Å². The minimum absolute atomic E-state index is 0.160. The molecule has 68 valence electrons. The molecule has 1 aliphatic heterocycles. The molecule has 1 heterocycles. The summed E-state index contributed by atoms with van der Waals surface area (Å²) in [4.78, 5) is 23.9.